The fourth-order valence-corrected chi connectivity index (χ4v) is 3.36. The second-order valence-electron chi connectivity index (χ2n) is 7.05. The van der Waals surface area contributed by atoms with Crippen molar-refractivity contribution in [2.75, 3.05) is 0 Å². The molecule has 0 aliphatic heterocycles. The molecule has 0 saturated carbocycles. The Morgan fingerprint density at radius 3 is 2.52 bits per heavy atom. The van der Waals surface area contributed by atoms with Crippen LogP contribution in [0, 0.1) is 0 Å². The highest BCUT2D eigenvalue weighted by Crippen LogP contribution is 2.28. The number of hydrogen-bond donors (Lipinski definition) is 2. The molecule has 0 fully saturated rings. The highest BCUT2D eigenvalue weighted by atomic mass is 16.7. The van der Waals surface area contributed by atoms with Crippen LogP contribution in [0.25, 0.3) is 28.0 Å². The van der Waals surface area contributed by atoms with Crippen molar-refractivity contribution in [3.05, 3.63) is 95.5 Å². The second kappa shape index (κ2) is 8.31. The molecule has 0 bridgehead atoms. The molecule has 5 aromatic rings. The van der Waals surface area contributed by atoms with Gasteiger partial charge in [0, 0.05) is 0 Å². The fourth-order valence-electron chi connectivity index (χ4n) is 3.36. The fraction of sp³-hybridized carbons (Fsp3) is 0. The molecule has 2 heterocycles. The Hall–Kier alpha value is -4.92. The number of rotatable bonds is 5. The van der Waals surface area contributed by atoms with Gasteiger partial charge in [-0.25, -0.2) is 14.5 Å². The molecular formula is C24H16N4O5. The van der Waals surface area contributed by atoms with E-state index in [-0.39, 0.29) is 11.7 Å². The van der Waals surface area contributed by atoms with E-state index in [0.29, 0.717) is 22.4 Å². The Bertz CT molecular complexity index is 1530. The van der Waals surface area contributed by atoms with E-state index in [2.05, 4.69) is 19.8 Å². The van der Waals surface area contributed by atoms with E-state index in [1.807, 2.05) is 54.6 Å². The summed E-state index contributed by atoms with van der Waals surface area (Å²) in [6, 6.07) is 22.6. The van der Waals surface area contributed by atoms with E-state index >= 15 is 0 Å². The van der Waals surface area contributed by atoms with Gasteiger partial charge in [0.25, 0.3) is 5.56 Å². The lowest BCUT2D eigenvalue weighted by Gasteiger charge is -2.09. The number of fused-ring (bicyclic) bond motifs is 1. The molecule has 0 radical (unpaired) electrons. The van der Waals surface area contributed by atoms with Crippen molar-refractivity contribution in [3.8, 4) is 34.3 Å². The van der Waals surface area contributed by atoms with Crippen LogP contribution in [0.2, 0.25) is 0 Å². The molecule has 0 aliphatic rings. The van der Waals surface area contributed by atoms with Crippen LogP contribution >= 0.6 is 0 Å². The zero-order valence-corrected chi connectivity index (χ0v) is 17.0. The number of nitrogens with zero attached hydrogens (tertiary/aromatic N) is 3. The average molecular weight is 440 g/mol. The van der Waals surface area contributed by atoms with Crippen LogP contribution in [-0.2, 0) is 0 Å². The number of carbonyl (C=O) groups is 1. The van der Waals surface area contributed by atoms with Gasteiger partial charge in [0.2, 0.25) is 5.95 Å². The van der Waals surface area contributed by atoms with Crippen LogP contribution in [0.3, 0.4) is 0 Å². The van der Waals surface area contributed by atoms with Gasteiger partial charge in [0.05, 0.1) is 23.3 Å². The number of carboxylic acid groups (broad SMARTS) is 1. The van der Waals surface area contributed by atoms with Crippen molar-refractivity contribution in [3.63, 3.8) is 0 Å². The molecule has 162 valence electrons. The van der Waals surface area contributed by atoms with Gasteiger partial charge in [-0.3, -0.25) is 9.78 Å². The quantitative estimate of drug-likeness (QED) is 0.383. The van der Waals surface area contributed by atoms with Crippen molar-refractivity contribution in [2.24, 2.45) is 0 Å². The molecule has 3 aromatic carbocycles. The van der Waals surface area contributed by atoms with Crippen LogP contribution in [0.5, 0.6) is 17.2 Å². The van der Waals surface area contributed by atoms with Gasteiger partial charge >= 0.3 is 6.16 Å². The predicted molar refractivity (Wildman–Crippen MR) is 120 cm³/mol. The van der Waals surface area contributed by atoms with Gasteiger partial charge in [-0.15, -0.1) is 0 Å². The molecular weight excluding hydrogens is 424 g/mol. The third-order valence-corrected chi connectivity index (χ3v) is 4.82. The van der Waals surface area contributed by atoms with Gasteiger partial charge in [-0.1, -0.05) is 42.5 Å². The minimum Gasteiger partial charge on any atom is -0.457 e. The Kier molecular flexibility index (Phi) is 5.04. The van der Waals surface area contributed by atoms with Crippen LogP contribution in [-0.4, -0.2) is 31.0 Å². The first-order valence-corrected chi connectivity index (χ1v) is 9.88. The average Bonchev–Trinajstić information content (AvgIpc) is 3.28. The molecule has 0 amide bonds. The number of nitrogens with one attached hydrogen (secondary N) is 1. The lowest BCUT2D eigenvalue weighted by atomic mass is 10.1. The van der Waals surface area contributed by atoms with Gasteiger partial charge in [-0.05, 0) is 41.5 Å². The monoisotopic (exact) mass is 440 g/mol. The topological polar surface area (TPSA) is 119 Å². The first-order valence-electron chi connectivity index (χ1n) is 9.88. The zero-order valence-electron chi connectivity index (χ0n) is 17.0. The highest BCUT2D eigenvalue weighted by Gasteiger charge is 2.11. The van der Waals surface area contributed by atoms with Crippen molar-refractivity contribution >= 4 is 17.1 Å². The van der Waals surface area contributed by atoms with Crippen molar-refractivity contribution in [2.45, 2.75) is 0 Å². The predicted octanol–water partition coefficient (Wildman–Crippen LogP) is 4.62. The summed E-state index contributed by atoms with van der Waals surface area (Å²) in [5.41, 5.74) is 2.12. The molecule has 0 spiro atoms. The standard InChI is InChI=1S/C24H16N4O5/c29-22-20-12-18(32-17-8-4-7-16(11-17)15-5-2-1-3-6-15)9-10-21(20)26-23(27-22)28-14-19(13-25-28)33-24(30)31/h1-14H,(H,30,31)(H,26,27,29). The highest BCUT2D eigenvalue weighted by molar-refractivity contribution is 5.79. The second-order valence-corrected chi connectivity index (χ2v) is 7.05. The summed E-state index contributed by atoms with van der Waals surface area (Å²) in [6.07, 6.45) is 1.05. The van der Waals surface area contributed by atoms with Gasteiger partial charge < -0.3 is 14.6 Å². The van der Waals surface area contributed by atoms with E-state index in [0.717, 1.165) is 11.1 Å². The molecule has 9 heteroatoms. The summed E-state index contributed by atoms with van der Waals surface area (Å²) in [5.74, 6) is 1.26. The van der Waals surface area contributed by atoms with Crippen molar-refractivity contribution in [1.82, 2.24) is 19.7 Å². The van der Waals surface area contributed by atoms with Crippen LogP contribution in [0.4, 0.5) is 4.79 Å². The molecule has 2 N–H and O–H groups in total. The third-order valence-electron chi connectivity index (χ3n) is 4.82. The van der Waals surface area contributed by atoms with Crippen LogP contribution < -0.4 is 15.0 Å². The first-order chi connectivity index (χ1) is 16.0. The van der Waals surface area contributed by atoms with E-state index < -0.39 is 11.7 Å². The molecule has 0 unspecified atom stereocenters. The van der Waals surface area contributed by atoms with Gasteiger partial charge in [0.1, 0.15) is 11.5 Å². The van der Waals surface area contributed by atoms with Crippen molar-refractivity contribution < 1.29 is 19.4 Å². The molecule has 2 aromatic heterocycles. The number of hydrogen-bond acceptors (Lipinski definition) is 6. The number of H-pyrrole nitrogens is 1. The zero-order chi connectivity index (χ0) is 22.8. The molecule has 5 rings (SSSR count). The lowest BCUT2D eigenvalue weighted by molar-refractivity contribution is 0.144. The molecule has 9 nitrogen and oxygen atoms in total. The maximum atomic E-state index is 12.7. The Morgan fingerprint density at radius 2 is 1.70 bits per heavy atom. The van der Waals surface area contributed by atoms with Gasteiger partial charge in [-0.2, -0.15) is 5.10 Å². The van der Waals surface area contributed by atoms with E-state index in [1.165, 1.54) is 17.1 Å². The third kappa shape index (κ3) is 4.28. The summed E-state index contributed by atoms with van der Waals surface area (Å²) in [7, 11) is 0. The maximum absolute atomic E-state index is 12.7. The van der Waals surface area contributed by atoms with Crippen molar-refractivity contribution in [1.29, 1.82) is 0 Å². The summed E-state index contributed by atoms with van der Waals surface area (Å²) < 4.78 is 11.7. The molecule has 0 saturated heterocycles. The van der Waals surface area contributed by atoms with Crippen LogP contribution in [0.1, 0.15) is 0 Å². The minimum atomic E-state index is -1.46. The van der Waals surface area contributed by atoms with E-state index in [9.17, 15) is 9.59 Å². The van der Waals surface area contributed by atoms with E-state index in [4.69, 9.17) is 9.84 Å². The summed E-state index contributed by atoms with van der Waals surface area (Å²) in [4.78, 5) is 30.4. The summed E-state index contributed by atoms with van der Waals surface area (Å²) >= 11 is 0. The van der Waals surface area contributed by atoms with Gasteiger partial charge in [0.15, 0.2) is 5.75 Å². The summed E-state index contributed by atoms with van der Waals surface area (Å²) in [6.45, 7) is 0. The molecule has 33 heavy (non-hydrogen) atoms. The normalized spacial score (nSPS) is 10.8. The number of ether oxygens (including phenoxy) is 2. The minimum absolute atomic E-state index is 0.00623. The lowest BCUT2D eigenvalue weighted by Crippen LogP contribution is -2.13. The molecule has 0 aliphatic carbocycles. The number of benzene rings is 3. The Morgan fingerprint density at radius 1 is 0.909 bits per heavy atom. The summed E-state index contributed by atoms with van der Waals surface area (Å²) in [5, 5.41) is 13.0. The largest absolute Gasteiger partial charge is 0.511 e. The molecule has 0 atom stereocenters. The van der Waals surface area contributed by atoms with E-state index in [1.54, 1.807) is 18.2 Å². The number of aromatic nitrogens is 4. The Balaban J connectivity index is 1.43. The maximum Gasteiger partial charge on any atom is 0.511 e. The number of aromatic amines is 1. The SMILES string of the molecule is O=C(O)Oc1cnn(-c2nc3ccc(Oc4cccc(-c5ccccc5)c4)cc3c(=O)[nH]2)c1. The van der Waals surface area contributed by atoms with Crippen LogP contribution in [0.15, 0.2) is 90.0 Å². The Labute approximate surface area is 186 Å². The first kappa shape index (κ1) is 20.0. The smallest absolute Gasteiger partial charge is 0.457 e.